The smallest absolute Gasteiger partial charge is 0.416 e. The highest BCUT2D eigenvalue weighted by molar-refractivity contribution is 7.99. The molecule has 1 aromatic heterocycles. The zero-order valence-corrected chi connectivity index (χ0v) is 20.0. The van der Waals surface area contributed by atoms with E-state index in [1.807, 2.05) is 36.1 Å². The number of imidazole rings is 1. The molecule has 34 heavy (non-hydrogen) atoms. The maximum atomic E-state index is 13.2. The third-order valence-corrected chi connectivity index (χ3v) is 6.84. The first-order valence-corrected chi connectivity index (χ1v) is 12.2. The summed E-state index contributed by atoms with van der Waals surface area (Å²) in [5.74, 6) is 1.01. The molecule has 1 aliphatic rings. The predicted octanol–water partition coefficient (Wildman–Crippen LogP) is 4.91. The zero-order valence-electron chi connectivity index (χ0n) is 19.1. The third kappa shape index (κ3) is 5.27. The summed E-state index contributed by atoms with van der Waals surface area (Å²) in [7, 11) is 1.63. The minimum absolute atomic E-state index is 0.00506. The number of thioether (sulfide) groups is 1. The molecule has 182 valence electrons. The van der Waals surface area contributed by atoms with Crippen LogP contribution in [0.1, 0.15) is 18.9 Å². The first-order chi connectivity index (χ1) is 16.3. The number of hydrogen-bond donors (Lipinski definition) is 0. The van der Waals surface area contributed by atoms with Crippen molar-refractivity contribution in [2.75, 3.05) is 43.9 Å². The summed E-state index contributed by atoms with van der Waals surface area (Å²) in [6.07, 6.45) is -3.66. The fraction of sp³-hybridized carbons (Fsp3) is 0.417. The van der Waals surface area contributed by atoms with Gasteiger partial charge < -0.3 is 19.1 Å². The average Bonchev–Trinajstić information content (AvgIpc) is 3.19. The Morgan fingerprint density at radius 2 is 1.79 bits per heavy atom. The van der Waals surface area contributed by atoms with Gasteiger partial charge in [-0.25, -0.2) is 4.98 Å². The van der Waals surface area contributed by atoms with Crippen LogP contribution >= 0.6 is 11.8 Å². The van der Waals surface area contributed by atoms with Gasteiger partial charge in [-0.05, 0) is 48.9 Å². The van der Waals surface area contributed by atoms with Crippen LogP contribution in [0.4, 0.5) is 18.9 Å². The normalized spacial score (nSPS) is 14.6. The Labute approximate surface area is 200 Å². The highest BCUT2D eigenvalue weighted by atomic mass is 32.2. The second-order valence-electron chi connectivity index (χ2n) is 8.10. The molecule has 2 heterocycles. The standard InChI is InChI=1S/C24H27F3N4O2S/c1-3-10-31-21-15-17(24(25,26)27)4-9-20(21)28-23(31)34-16-22(32)30-13-11-29(12-14-30)18-5-7-19(33-2)8-6-18/h4-9,15H,3,10-14,16H2,1-2H3. The number of carbonyl (C=O) groups is 1. The van der Waals surface area contributed by atoms with Crippen LogP contribution in [0, 0.1) is 0 Å². The van der Waals surface area contributed by atoms with Gasteiger partial charge in [-0.1, -0.05) is 18.7 Å². The Morgan fingerprint density at radius 3 is 2.41 bits per heavy atom. The van der Waals surface area contributed by atoms with Crippen molar-refractivity contribution in [2.45, 2.75) is 31.2 Å². The molecule has 0 unspecified atom stereocenters. The van der Waals surface area contributed by atoms with E-state index in [-0.39, 0.29) is 11.7 Å². The maximum absolute atomic E-state index is 13.2. The van der Waals surface area contributed by atoms with Crippen LogP contribution in [-0.2, 0) is 17.5 Å². The summed E-state index contributed by atoms with van der Waals surface area (Å²) < 4.78 is 46.5. The van der Waals surface area contributed by atoms with Crippen molar-refractivity contribution >= 4 is 34.4 Å². The maximum Gasteiger partial charge on any atom is 0.416 e. The van der Waals surface area contributed by atoms with Crippen LogP contribution in [0.3, 0.4) is 0 Å². The number of aromatic nitrogens is 2. The molecule has 1 saturated heterocycles. The van der Waals surface area contributed by atoms with Crippen molar-refractivity contribution in [3.8, 4) is 5.75 Å². The molecule has 0 N–H and O–H groups in total. The number of nitrogens with zero attached hydrogens (tertiary/aromatic N) is 4. The van der Waals surface area contributed by atoms with Crippen LogP contribution in [-0.4, -0.2) is 59.4 Å². The lowest BCUT2D eigenvalue weighted by Gasteiger charge is -2.36. The van der Waals surface area contributed by atoms with Crippen molar-refractivity contribution in [1.29, 1.82) is 0 Å². The first kappa shape index (κ1) is 24.3. The monoisotopic (exact) mass is 492 g/mol. The fourth-order valence-electron chi connectivity index (χ4n) is 4.05. The first-order valence-electron chi connectivity index (χ1n) is 11.2. The number of amides is 1. The number of hydrogen-bond acceptors (Lipinski definition) is 5. The van der Waals surface area contributed by atoms with E-state index in [4.69, 9.17) is 4.74 Å². The lowest BCUT2D eigenvalue weighted by molar-refractivity contribution is -0.137. The number of benzene rings is 2. The zero-order chi connectivity index (χ0) is 24.3. The number of halogens is 3. The van der Waals surface area contributed by atoms with Crippen molar-refractivity contribution in [3.05, 3.63) is 48.0 Å². The minimum Gasteiger partial charge on any atom is -0.497 e. The number of methoxy groups -OCH3 is 1. The predicted molar refractivity (Wildman–Crippen MR) is 128 cm³/mol. The molecular formula is C24H27F3N4O2S. The Balaban J connectivity index is 1.39. The number of anilines is 1. The van der Waals surface area contributed by atoms with Gasteiger partial charge in [-0.3, -0.25) is 4.79 Å². The third-order valence-electron chi connectivity index (χ3n) is 5.88. The quantitative estimate of drug-likeness (QED) is 0.439. The number of carbonyl (C=O) groups excluding carboxylic acids is 1. The van der Waals surface area contributed by atoms with E-state index in [0.717, 1.165) is 43.1 Å². The van der Waals surface area contributed by atoms with E-state index in [0.29, 0.717) is 35.8 Å². The van der Waals surface area contributed by atoms with Crippen molar-refractivity contribution in [2.24, 2.45) is 0 Å². The number of piperazine rings is 1. The van der Waals surface area contributed by atoms with Crippen molar-refractivity contribution < 1.29 is 22.7 Å². The van der Waals surface area contributed by atoms with E-state index in [2.05, 4.69) is 9.88 Å². The van der Waals surface area contributed by atoms with Crippen molar-refractivity contribution in [1.82, 2.24) is 14.5 Å². The largest absolute Gasteiger partial charge is 0.497 e. The summed E-state index contributed by atoms with van der Waals surface area (Å²) in [4.78, 5) is 21.4. The molecule has 0 atom stereocenters. The van der Waals surface area contributed by atoms with Gasteiger partial charge in [0.05, 0.1) is 29.5 Å². The Bertz CT molecular complexity index is 1140. The van der Waals surface area contributed by atoms with E-state index in [1.54, 1.807) is 11.7 Å². The van der Waals surface area contributed by atoms with Crippen LogP contribution in [0.2, 0.25) is 0 Å². The topological polar surface area (TPSA) is 50.6 Å². The van der Waals surface area contributed by atoms with Gasteiger partial charge in [-0.2, -0.15) is 13.2 Å². The van der Waals surface area contributed by atoms with E-state index >= 15 is 0 Å². The molecule has 2 aromatic carbocycles. The van der Waals surface area contributed by atoms with Gasteiger partial charge in [0.25, 0.3) is 0 Å². The van der Waals surface area contributed by atoms with Gasteiger partial charge >= 0.3 is 6.18 Å². The summed E-state index contributed by atoms with van der Waals surface area (Å²) >= 11 is 1.28. The number of rotatable bonds is 7. The number of fused-ring (bicyclic) bond motifs is 1. The average molecular weight is 493 g/mol. The fourth-order valence-corrected chi connectivity index (χ4v) is 5.00. The Kier molecular flexibility index (Phi) is 7.25. The Morgan fingerprint density at radius 1 is 1.09 bits per heavy atom. The molecule has 0 radical (unpaired) electrons. The van der Waals surface area contributed by atoms with Gasteiger partial charge in [0.2, 0.25) is 5.91 Å². The van der Waals surface area contributed by atoms with E-state index in [9.17, 15) is 18.0 Å². The molecular weight excluding hydrogens is 465 g/mol. The highest BCUT2D eigenvalue weighted by Gasteiger charge is 2.31. The van der Waals surface area contributed by atoms with Gasteiger partial charge in [0.15, 0.2) is 5.16 Å². The molecule has 1 aliphatic heterocycles. The molecule has 0 saturated carbocycles. The lowest BCUT2D eigenvalue weighted by atomic mass is 10.2. The van der Waals surface area contributed by atoms with Crippen LogP contribution in [0.5, 0.6) is 5.75 Å². The van der Waals surface area contributed by atoms with Crippen LogP contribution in [0.15, 0.2) is 47.6 Å². The van der Waals surface area contributed by atoms with Crippen LogP contribution < -0.4 is 9.64 Å². The molecule has 3 aromatic rings. The SMILES string of the molecule is CCCn1c(SCC(=O)N2CCN(c3ccc(OC)cc3)CC2)nc2ccc(C(F)(F)F)cc21. The van der Waals surface area contributed by atoms with Gasteiger partial charge in [0.1, 0.15) is 5.75 Å². The highest BCUT2D eigenvalue weighted by Crippen LogP contribution is 2.33. The number of alkyl halides is 3. The van der Waals surface area contributed by atoms with E-state index < -0.39 is 11.7 Å². The summed E-state index contributed by atoms with van der Waals surface area (Å²) in [5.41, 5.74) is 1.35. The van der Waals surface area contributed by atoms with Gasteiger partial charge in [-0.15, -0.1) is 0 Å². The van der Waals surface area contributed by atoms with Crippen LogP contribution in [0.25, 0.3) is 11.0 Å². The summed E-state index contributed by atoms with van der Waals surface area (Å²) in [6.45, 7) is 5.20. The molecule has 1 amide bonds. The molecule has 0 bridgehead atoms. The summed E-state index contributed by atoms with van der Waals surface area (Å²) in [5, 5.41) is 0.571. The Hall–Kier alpha value is -2.88. The summed E-state index contributed by atoms with van der Waals surface area (Å²) in [6, 6.07) is 11.4. The molecule has 10 heteroatoms. The molecule has 0 aliphatic carbocycles. The lowest BCUT2D eigenvalue weighted by Crippen LogP contribution is -2.49. The molecule has 0 spiro atoms. The second kappa shape index (κ2) is 10.2. The minimum atomic E-state index is -4.41. The number of ether oxygens (including phenoxy) is 1. The second-order valence-corrected chi connectivity index (χ2v) is 9.04. The molecule has 4 rings (SSSR count). The van der Waals surface area contributed by atoms with Gasteiger partial charge in [0, 0.05) is 38.4 Å². The van der Waals surface area contributed by atoms with E-state index in [1.165, 1.54) is 17.8 Å². The molecule has 1 fully saturated rings. The number of aryl methyl sites for hydroxylation is 1. The molecule has 6 nitrogen and oxygen atoms in total. The van der Waals surface area contributed by atoms with Crippen molar-refractivity contribution in [3.63, 3.8) is 0 Å².